The molecule has 4 rings (SSSR count). The Labute approximate surface area is 140 Å². The number of carbonyl (C=O) groups is 1. The van der Waals surface area contributed by atoms with E-state index in [1.807, 2.05) is 53.4 Å². The molecule has 0 bridgehead atoms. The summed E-state index contributed by atoms with van der Waals surface area (Å²) in [6.45, 7) is 0.761. The van der Waals surface area contributed by atoms with Crippen molar-refractivity contribution in [2.75, 3.05) is 6.54 Å². The van der Waals surface area contributed by atoms with Crippen molar-refractivity contribution in [1.82, 2.24) is 10.1 Å². The van der Waals surface area contributed by atoms with Crippen molar-refractivity contribution in [2.24, 2.45) is 0 Å². The van der Waals surface area contributed by atoms with Gasteiger partial charge in [-0.25, -0.2) is 0 Å². The van der Waals surface area contributed by atoms with Gasteiger partial charge in [0.25, 0.3) is 5.91 Å². The molecule has 1 aliphatic heterocycles. The Morgan fingerprint density at radius 3 is 2.46 bits per heavy atom. The summed E-state index contributed by atoms with van der Waals surface area (Å²) in [4.78, 5) is 14.8. The number of benzene rings is 2. The van der Waals surface area contributed by atoms with Crippen LogP contribution < -0.4 is 0 Å². The van der Waals surface area contributed by atoms with E-state index in [0.717, 1.165) is 36.2 Å². The van der Waals surface area contributed by atoms with Gasteiger partial charge in [0, 0.05) is 18.2 Å². The van der Waals surface area contributed by atoms with Gasteiger partial charge in [-0.2, -0.15) is 0 Å². The molecular formula is C20H18N2O2. The smallest absolute Gasteiger partial charge is 0.254 e. The molecule has 0 N–H and O–H groups in total. The first kappa shape index (κ1) is 14.7. The molecule has 1 fully saturated rings. The summed E-state index contributed by atoms with van der Waals surface area (Å²) in [6, 6.07) is 19.8. The zero-order valence-corrected chi connectivity index (χ0v) is 13.3. The van der Waals surface area contributed by atoms with Crippen molar-refractivity contribution in [2.45, 2.75) is 18.9 Å². The Kier molecular flexibility index (Phi) is 3.87. The van der Waals surface area contributed by atoms with Gasteiger partial charge in [-0.1, -0.05) is 47.6 Å². The minimum atomic E-state index is 0.0186. The Balaban J connectivity index is 1.56. The van der Waals surface area contributed by atoms with Crippen LogP contribution in [0.1, 0.15) is 34.9 Å². The van der Waals surface area contributed by atoms with Crippen LogP contribution in [0.3, 0.4) is 0 Å². The quantitative estimate of drug-likeness (QED) is 0.722. The Bertz CT molecular complexity index is 811. The number of hydrogen-bond donors (Lipinski definition) is 0. The molecule has 1 unspecified atom stereocenters. The lowest BCUT2D eigenvalue weighted by molar-refractivity contribution is 0.0731. The van der Waals surface area contributed by atoms with Crippen molar-refractivity contribution < 1.29 is 9.32 Å². The molecule has 0 radical (unpaired) electrons. The van der Waals surface area contributed by atoms with E-state index in [1.54, 1.807) is 6.26 Å². The lowest BCUT2D eigenvalue weighted by Crippen LogP contribution is -2.30. The van der Waals surface area contributed by atoms with E-state index in [4.69, 9.17) is 4.52 Å². The normalized spacial score (nSPS) is 17.2. The molecule has 1 aliphatic rings. The second kappa shape index (κ2) is 6.32. The van der Waals surface area contributed by atoms with E-state index in [-0.39, 0.29) is 11.9 Å². The number of aromatic nitrogens is 1. The highest BCUT2D eigenvalue weighted by atomic mass is 16.5. The van der Waals surface area contributed by atoms with E-state index in [1.165, 1.54) is 0 Å². The maximum Gasteiger partial charge on any atom is 0.254 e. The van der Waals surface area contributed by atoms with Gasteiger partial charge in [-0.05, 0) is 36.1 Å². The fourth-order valence-corrected chi connectivity index (χ4v) is 3.31. The van der Waals surface area contributed by atoms with Crippen molar-refractivity contribution in [1.29, 1.82) is 0 Å². The van der Waals surface area contributed by atoms with Gasteiger partial charge < -0.3 is 9.42 Å². The Hall–Kier alpha value is -2.88. The zero-order valence-electron chi connectivity index (χ0n) is 13.3. The SMILES string of the molecule is O=C(c1ccc(-c2ccccc2)cc1)N1CCCC1c1ccon1. The van der Waals surface area contributed by atoms with Crippen molar-refractivity contribution in [3.63, 3.8) is 0 Å². The molecule has 0 spiro atoms. The summed E-state index contributed by atoms with van der Waals surface area (Å²) in [5, 5.41) is 4.01. The van der Waals surface area contributed by atoms with E-state index in [9.17, 15) is 4.79 Å². The van der Waals surface area contributed by atoms with E-state index < -0.39 is 0 Å². The summed E-state index contributed by atoms with van der Waals surface area (Å²) in [7, 11) is 0. The van der Waals surface area contributed by atoms with E-state index in [2.05, 4.69) is 17.3 Å². The van der Waals surface area contributed by atoms with Gasteiger partial charge >= 0.3 is 0 Å². The van der Waals surface area contributed by atoms with Crippen LogP contribution in [0.15, 0.2) is 71.4 Å². The summed E-state index contributed by atoms with van der Waals surface area (Å²) < 4.78 is 4.94. The standard InChI is InChI=1S/C20H18N2O2/c23-20(22-13-4-7-19(22)18-12-14-24-21-18)17-10-8-16(9-11-17)15-5-2-1-3-6-15/h1-3,5-6,8-12,14,19H,4,7,13H2. The van der Waals surface area contributed by atoms with Gasteiger partial charge in [0.2, 0.25) is 0 Å². The van der Waals surface area contributed by atoms with Crippen LogP contribution in [-0.4, -0.2) is 22.5 Å². The third kappa shape index (κ3) is 2.71. The van der Waals surface area contributed by atoms with Crippen LogP contribution >= 0.6 is 0 Å². The number of hydrogen-bond acceptors (Lipinski definition) is 3. The minimum absolute atomic E-state index is 0.0186. The minimum Gasteiger partial charge on any atom is -0.364 e. The lowest BCUT2D eigenvalue weighted by atomic mass is 10.0. The number of rotatable bonds is 3. The highest BCUT2D eigenvalue weighted by molar-refractivity contribution is 5.95. The van der Waals surface area contributed by atoms with E-state index in [0.29, 0.717) is 5.56 Å². The predicted molar refractivity (Wildman–Crippen MR) is 91.4 cm³/mol. The first-order chi connectivity index (χ1) is 11.8. The number of amides is 1. The molecule has 4 heteroatoms. The summed E-state index contributed by atoms with van der Waals surface area (Å²) >= 11 is 0. The van der Waals surface area contributed by atoms with Gasteiger partial charge in [0.05, 0.1) is 6.04 Å². The van der Waals surface area contributed by atoms with Crippen LogP contribution in [-0.2, 0) is 0 Å². The maximum absolute atomic E-state index is 12.9. The average molecular weight is 318 g/mol. The molecule has 2 aromatic carbocycles. The largest absolute Gasteiger partial charge is 0.364 e. The average Bonchev–Trinajstić information content (AvgIpc) is 3.33. The van der Waals surface area contributed by atoms with Crippen LogP contribution in [0, 0.1) is 0 Å². The van der Waals surface area contributed by atoms with Crippen LogP contribution in [0.4, 0.5) is 0 Å². The number of likely N-dealkylation sites (tertiary alicyclic amines) is 1. The summed E-state index contributed by atoms with van der Waals surface area (Å²) in [5.74, 6) is 0.0557. The van der Waals surface area contributed by atoms with Gasteiger partial charge in [-0.15, -0.1) is 0 Å². The molecule has 0 saturated carbocycles. The summed E-state index contributed by atoms with van der Waals surface area (Å²) in [5.41, 5.74) is 3.81. The molecule has 1 aromatic heterocycles. The fraction of sp³-hybridized carbons (Fsp3) is 0.200. The van der Waals surface area contributed by atoms with Crippen LogP contribution in [0.5, 0.6) is 0 Å². The molecule has 1 atom stereocenters. The number of carbonyl (C=O) groups excluding carboxylic acids is 1. The molecule has 0 aliphatic carbocycles. The zero-order chi connectivity index (χ0) is 16.4. The van der Waals surface area contributed by atoms with Crippen LogP contribution in [0.2, 0.25) is 0 Å². The molecule has 3 aromatic rings. The van der Waals surface area contributed by atoms with Crippen molar-refractivity contribution in [3.05, 3.63) is 78.2 Å². The predicted octanol–water partition coefficient (Wildman–Crippen LogP) is 4.32. The molecular weight excluding hydrogens is 300 g/mol. The Morgan fingerprint density at radius 2 is 1.75 bits per heavy atom. The maximum atomic E-state index is 12.9. The van der Waals surface area contributed by atoms with Gasteiger partial charge in [0.1, 0.15) is 12.0 Å². The topological polar surface area (TPSA) is 46.3 Å². The van der Waals surface area contributed by atoms with Crippen molar-refractivity contribution in [3.8, 4) is 11.1 Å². The Morgan fingerprint density at radius 1 is 1.00 bits per heavy atom. The third-order valence-electron chi connectivity index (χ3n) is 4.55. The highest BCUT2D eigenvalue weighted by Crippen LogP contribution is 2.32. The molecule has 4 nitrogen and oxygen atoms in total. The lowest BCUT2D eigenvalue weighted by Gasteiger charge is -2.23. The summed E-state index contributed by atoms with van der Waals surface area (Å²) in [6.07, 6.45) is 3.48. The molecule has 1 saturated heterocycles. The third-order valence-corrected chi connectivity index (χ3v) is 4.55. The van der Waals surface area contributed by atoms with Crippen LogP contribution in [0.25, 0.3) is 11.1 Å². The number of nitrogens with zero attached hydrogens (tertiary/aromatic N) is 2. The van der Waals surface area contributed by atoms with E-state index >= 15 is 0 Å². The molecule has 120 valence electrons. The fourth-order valence-electron chi connectivity index (χ4n) is 3.31. The highest BCUT2D eigenvalue weighted by Gasteiger charge is 2.32. The molecule has 24 heavy (non-hydrogen) atoms. The van der Waals surface area contributed by atoms with Gasteiger partial charge in [0.15, 0.2) is 0 Å². The molecule has 1 amide bonds. The van der Waals surface area contributed by atoms with Gasteiger partial charge in [-0.3, -0.25) is 4.79 Å². The first-order valence-electron chi connectivity index (χ1n) is 8.20. The first-order valence-corrected chi connectivity index (χ1v) is 8.20. The second-order valence-corrected chi connectivity index (χ2v) is 6.02. The van der Waals surface area contributed by atoms with Crippen molar-refractivity contribution >= 4 is 5.91 Å². The monoisotopic (exact) mass is 318 g/mol. The molecule has 2 heterocycles. The second-order valence-electron chi connectivity index (χ2n) is 6.02.